The van der Waals surface area contributed by atoms with Crippen LogP contribution in [-0.4, -0.2) is 46.5 Å². The van der Waals surface area contributed by atoms with Gasteiger partial charge in [-0.05, 0) is 12.1 Å². The van der Waals surface area contributed by atoms with Gasteiger partial charge in [-0.1, -0.05) is 12.1 Å². The quantitative estimate of drug-likeness (QED) is 0.800. The Morgan fingerprint density at radius 2 is 2.00 bits per heavy atom. The SMILES string of the molecule is Cn1c(C(=O)N2CCNCC2)nc2ccccc21. The van der Waals surface area contributed by atoms with Crippen molar-refractivity contribution in [1.82, 2.24) is 19.8 Å². The average molecular weight is 244 g/mol. The number of rotatable bonds is 1. The highest BCUT2D eigenvalue weighted by molar-refractivity contribution is 5.94. The molecule has 18 heavy (non-hydrogen) atoms. The third-order valence-electron chi connectivity index (χ3n) is 3.38. The summed E-state index contributed by atoms with van der Waals surface area (Å²) in [4.78, 5) is 18.7. The van der Waals surface area contributed by atoms with Crippen LogP contribution in [0.3, 0.4) is 0 Å². The highest BCUT2D eigenvalue weighted by Gasteiger charge is 2.22. The van der Waals surface area contributed by atoms with Gasteiger partial charge in [0.2, 0.25) is 0 Å². The van der Waals surface area contributed by atoms with Gasteiger partial charge < -0.3 is 14.8 Å². The van der Waals surface area contributed by atoms with E-state index in [1.165, 1.54) is 0 Å². The summed E-state index contributed by atoms with van der Waals surface area (Å²) in [6.45, 7) is 3.22. The molecule has 1 aliphatic heterocycles. The summed E-state index contributed by atoms with van der Waals surface area (Å²) in [5.41, 5.74) is 1.87. The Morgan fingerprint density at radius 3 is 2.72 bits per heavy atom. The summed E-state index contributed by atoms with van der Waals surface area (Å²) < 4.78 is 1.87. The molecule has 0 unspecified atom stereocenters. The number of imidazole rings is 1. The first-order chi connectivity index (χ1) is 8.77. The first-order valence-electron chi connectivity index (χ1n) is 6.19. The van der Waals surface area contributed by atoms with Crippen LogP contribution < -0.4 is 5.32 Å². The number of amides is 1. The molecule has 1 saturated heterocycles. The second-order valence-corrected chi connectivity index (χ2v) is 4.53. The van der Waals surface area contributed by atoms with E-state index >= 15 is 0 Å². The summed E-state index contributed by atoms with van der Waals surface area (Å²) in [5, 5.41) is 3.24. The molecule has 2 heterocycles. The van der Waals surface area contributed by atoms with E-state index in [2.05, 4.69) is 10.3 Å². The van der Waals surface area contributed by atoms with Gasteiger partial charge in [0.05, 0.1) is 11.0 Å². The first kappa shape index (κ1) is 11.2. The van der Waals surface area contributed by atoms with E-state index in [0.717, 1.165) is 37.2 Å². The summed E-state index contributed by atoms with van der Waals surface area (Å²) >= 11 is 0. The number of nitrogens with zero attached hydrogens (tertiary/aromatic N) is 3. The van der Waals surface area contributed by atoms with Crippen molar-refractivity contribution in [3.63, 3.8) is 0 Å². The number of hydrogen-bond acceptors (Lipinski definition) is 3. The molecule has 5 heteroatoms. The maximum absolute atomic E-state index is 12.4. The highest BCUT2D eigenvalue weighted by Crippen LogP contribution is 2.15. The second kappa shape index (κ2) is 4.42. The molecule has 1 aromatic carbocycles. The number of hydrogen-bond donors (Lipinski definition) is 1. The molecular weight excluding hydrogens is 228 g/mol. The summed E-state index contributed by atoms with van der Waals surface area (Å²) in [5.74, 6) is 0.549. The first-order valence-corrected chi connectivity index (χ1v) is 6.19. The lowest BCUT2D eigenvalue weighted by molar-refractivity contribution is 0.0720. The van der Waals surface area contributed by atoms with Crippen molar-refractivity contribution >= 4 is 16.9 Å². The molecule has 94 valence electrons. The van der Waals surface area contributed by atoms with Crippen LogP contribution in [-0.2, 0) is 7.05 Å². The van der Waals surface area contributed by atoms with Gasteiger partial charge in [-0.15, -0.1) is 0 Å². The van der Waals surface area contributed by atoms with Crippen LogP contribution >= 0.6 is 0 Å². The predicted molar refractivity (Wildman–Crippen MR) is 69.5 cm³/mol. The van der Waals surface area contributed by atoms with Crippen LogP contribution in [0, 0.1) is 0 Å². The molecule has 3 rings (SSSR count). The standard InChI is InChI=1S/C13H16N4O/c1-16-11-5-3-2-4-10(11)15-12(16)13(18)17-8-6-14-7-9-17/h2-5,14H,6-9H2,1H3. The number of aromatic nitrogens is 2. The molecule has 5 nitrogen and oxygen atoms in total. The third-order valence-corrected chi connectivity index (χ3v) is 3.38. The van der Waals surface area contributed by atoms with Crippen LogP contribution in [0.2, 0.25) is 0 Å². The van der Waals surface area contributed by atoms with Crippen LogP contribution in [0.1, 0.15) is 10.6 Å². The molecule has 0 spiro atoms. The predicted octanol–water partition coefficient (Wildman–Crippen LogP) is 0.619. The lowest BCUT2D eigenvalue weighted by atomic mass is 10.3. The molecule has 0 aliphatic carbocycles. The van der Waals surface area contributed by atoms with E-state index in [1.54, 1.807) is 0 Å². The lowest BCUT2D eigenvalue weighted by Crippen LogP contribution is -2.47. The molecule has 1 amide bonds. The van der Waals surface area contributed by atoms with Gasteiger partial charge in [0.25, 0.3) is 5.91 Å². The number of benzene rings is 1. The molecule has 0 saturated carbocycles. The topological polar surface area (TPSA) is 50.2 Å². The van der Waals surface area contributed by atoms with E-state index in [4.69, 9.17) is 0 Å². The smallest absolute Gasteiger partial charge is 0.289 e. The highest BCUT2D eigenvalue weighted by atomic mass is 16.2. The zero-order valence-corrected chi connectivity index (χ0v) is 10.4. The largest absolute Gasteiger partial charge is 0.333 e. The van der Waals surface area contributed by atoms with Crippen molar-refractivity contribution in [2.24, 2.45) is 7.05 Å². The minimum atomic E-state index is 0.0233. The summed E-state index contributed by atoms with van der Waals surface area (Å²) in [6.07, 6.45) is 0. The van der Waals surface area contributed by atoms with Crippen molar-refractivity contribution in [2.45, 2.75) is 0 Å². The lowest BCUT2D eigenvalue weighted by Gasteiger charge is -2.26. The molecule has 0 radical (unpaired) electrons. The molecular formula is C13H16N4O. The van der Waals surface area contributed by atoms with Gasteiger partial charge in [-0.2, -0.15) is 0 Å². The molecule has 1 N–H and O–H groups in total. The van der Waals surface area contributed by atoms with E-state index in [1.807, 2.05) is 40.8 Å². The zero-order chi connectivity index (χ0) is 12.5. The van der Waals surface area contributed by atoms with Crippen LogP contribution in [0.15, 0.2) is 24.3 Å². The number of carbonyl (C=O) groups is 1. The second-order valence-electron chi connectivity index (χ2n) is 4.53. The normalized spacial score (nSPS) is 16.2. The summed E-state index contributed by atoms with van der Waals surface area (Å²) in [6, 6.07) is 7.82. The fraction of sp³-hybridized carbons (Fsp3) is 0.385. The number of nitrogens with one attached hydrogen (secondary N) is 1. The van der Waals surface area contributed by atoms with Gasteiger partial charge >= 0.3 is 0 Å². The van der Waals surface area contributed by atoms with Crippen molar-refractivity contribution in [3.05, 3.63) is 30.1 Å². The van der Waals surface area contributed by atoms with Gasteiger partial charge in [0, 0.05) is 33.2 Å². The van der Waals surface area contributed by atoms with E-state index in [9.17, 15) is 4.79 Å². The van der Waals surface area contributed by atoms with E-state index in [-0.39, 0.29) is 5.91 Å². The minimum Gasteiger partial charge on any atom is -0.333 e. The third kappa shape index (κ3) is 1.76. The molecule has 1 aliphatic rings. The Kier molecular flexibility index (Phi) is 2.76. The van der Waals surface area contributed by atoms with Crippen molar-refractivity contribution < 1.29 is 4.79 Å². The Bertz CT molecular complexity index is 584. The molecule has 0 bridgehead atoms. The fourth-order valence-electron chi connectivity index (χ4n) is 2.35. The van der Waals surface area contributed by atoms with Gasteiger partial charge in [0.15, 0.2) is 5.82 Å². The molecule has 1 aromatic heterocycles. The number of piperazine rings is 1. The van der Waals surface area contributed by atoms with Gasteiger partial charge in [-0.3, -0.25) is 4.79 Å². The zero-order valence-electron chi connectivity index (χ0n) is 10.4. The van der Waals surface area contributed by atoms with Crippen LogP contribution in [0.5, 0.6) is 0 Å². The number of aryl methyl sites for hydroxylation is 1. The molecule has 0 atom stereocenters. The minimum absolute atomic E-state index is 0.0233. The van der Waals surface area contributed by atoms with Crippen molar-refractivity contribution in [1.29, 1.82) is 0 Å². The van der Waals surface area contributed by atoms with Gasteiger partial charge in [-0.25, -0.2) is 4.98 Å². The Labute approximate surface area is 105 Å². The maximum atomic E-state index is 12.4. The van der Waals surface area contributed by atoms with Crippen LogP contribution in [0.25, 0.3) is 11.0 Å². The maximum Gasteiger partial charge on any atom is 0.289 e. The average Bonchev–Trinajstić information content (AvgIpc) is 2.77. The Balaban J connectivity index is 1.98. The van der Waals surface area contributed by atoms with Gasteiger partial charge in [0.1, 0.15) is 0 Å². The monoisotopic (exact) mass is 244 g/mol. The number of carbonyl (C=O) groups excluding carboxylic acids is 1. The molecule has 1 fully saturated rings. The molecule has 2 aromatic rings. The number of para-hydroxylation sites is 2. The Morgan fingerprint density at radius 1 is 1.28 bits per heavy atom. The van der Waals surface area contributed by atoms with Crippen molar-refractivity contribution in [2.75, 3.05) is 26.2 Å². The summed E-state index contributed by atoms with van der Waals surface area (Å²) in [7, 11) is 1.89. The van der Waals surface area contributed by atoms with E-state index < -0.39 is 0 Å². The van der Waals surface area contributed by atoms with Crippen molar-refractivity contribution in [3.8, 4) is 0 Å². The van der Waals surface area contributed by atoms with Crippen LogP contribution in [0.4, 0.5) is 0 Å². The Hall–Kier alpha value is -1.88. The number of fused-ring (bicyclic) bond motifs is 1. The van der Waals surface area contributed by atoms with E-state index in [0.29, 0.717) is 5.82 Å². The fourth-order valence-corrected chi connectivity index (χ4v) is 2.35.